The van der Waals surface area contributed by atoms with Crippen LogP contribution < -0.4 is 5.32 Å². The number of benzene rings is 1. The molecule has 0 radical (unpaired) electrons. The van der Waals surface area contributed by atoms with Gasteiger partial charge in [0.15, 0.2) is 0 Å². The van der Waals surface area contributed by atoms with Crippen LogP contribution in [0.3, 0.4) is 0 Å². The van der Waals surface area contributed by atoms with Gasteiger partial charge in [0.25, 0.3) is 11.8 Å². The molecule has 11 heteroatoms. The minimum atomic E-state index is -3.12. The molecule has 0 unspecified atom stereocenters. The Morgan fingerprint density at radius 2 is 2.00 bits per heavy atom. The molecule has 1 N–H and O–H groups in total. The van der Waals surface area contributed by atoms with Gasteiger partial charge in [-0.15, -0.1) is 0 Å². The monoisotopic (exact) mass is 476 g/mol. The normalized spacial score (nSPS) is 17.2. The third-order valence-electron chi connectivity index (χ3n) is 4.53. The maximum absolute atomic E-state index is 13.5. The lowest BCUT2D eigenvalue weighted by Gasteiger charge is -2.19. The van der Waals surface area contributed by atoms with E-state index < -0.39 is 43.3 Å². The highest BCUT2D eigenvalue weighted by atomic mass is 79.9. The lowest BCUT2D eigenvalue weighted by molar-refractivity contribution is -0.131. The van der Waals surface area contributed by atoms with Crippen LogP contribution in [0.4, 0.5) is 8.78 Å². The van der Waals surface area contributed by atoms with Crippen LogP contribution in [0, 0.1) is 22.7 Å². The maximum atomic E-state index is 13.5. The summed E-state index contributed by atoms with van der Waals surface area (Å²) in [4.78, 5) is 25.4. The number of nitrogens with one attached hydrogen (secondary N) is 1. The van der Waals surface area contributed by atoms with Crippen LogP contribution in [0.5, 0.6) is 0 Å². The second-order valence-electron chi connectivity index (χ2n) is 6.75. The zero-order valence-electron chi connectivity index (χ0n) is 15.5. The van der Waals surface area contributed by atoms with Crippen molar-refractivity contribution in [1.82, 2.24) is 20.0 Å². The van der Waals surface area contributed by atoms with Crippen molar-refractivity contribution in [1.29, 1.82) is 10.5 Å². The minimum absolute atomic E-state index is 0.167. The summed E-state index contributed by atoms with van der Waals surface area (Å²) in [6.45, 7) is -1.00. The number of aromatic nitrogens is 2. The summed E-state index contributed by atoms with van der Waals surface area (Å²) in [6.07, 6.45) is 0.765. The molecule has 30 heavy (non-hydrogen) atoms. The maximum Gasteiger partial charge on any atom is 0.268 e. The Labute approximate surface area is 178 Å². The fourth-order valence-corrected chi connectivity index (χ4v) is 3.54. The number of halogens is 3. The van der Waals surface area contributed by atoms with E-state index in [-0.39, 0.29) is 10.2 Å². The fraction of sp³-hybridized carbons (Fsp3) is 0.316. The average molecular weight is 477 g/mol. The number of alkyl halides is 2. The molecule has 1 saturated heterocycles. The number of nitrogens with zero attached hydrogens (tertiary/aromatic N) is 5. The van der Waals surface area contributed by atoms with Gasteiger partial charge in [0.05, 0.1) is 42.9 Å². The van der Waals surface area contributed by atoms with Crippen molar-refractivity contribution in [2.24, 2.45) is 0 Å². The molecule has 2 amide bonds. The molecule has 1 fully saturated rings. The van der Waals surface area contributed by atoms with E-state index in [9.17, 15) is 18.4 Å². The Kier molecular flexibility index (Phi) is 6.13. The molecule has 0 bridgehead atoms. The Balaban J connectivity index is 1.61. The number of nitriles is 2. The molecule has 0 aliphatic carbocycles. The lowest BCUT2D eigenvalue weighted by atomic mass is 10.1. The molecule has 2 aromatic rings. The van der Waals surface area contributed by atoms with Crippen molar-refractivity contribution in [3.05, 3.63) is 51.8 Å². The molecule has 1 aliphatic heterocycles. The van der Waals surface area contributed by atoms with Gasteiger partial charge >= 0.3 is 0 Å². The van der Waals surface area contributed by atoms with E-state index in [4.69, 9.17) is 10.5 Å². The summed E-state index contributed by atoms with van der Waals surface area (Å²) >= 11 is 3.19. The van der Waals surface area contributed by atoms with Crippen LogP contribution in [0.1, 0.15) is 27.9 Å². The van der Waals surface area contributed by atoms with Crippen molar-refractivity contribution in [3.63, 3.8) is 0 Å². The molecule has 1 aromatic heterocycles. The second kappa shape index (κ2) is 8.59. The van der Waals surface area contributed by atoms with Crippen molar-refractivity contribution in [3.8, 4) is 12.1 Å². The summed E-state index contributed by atoms with van der Waals surface area (Å²) < 4.78 is 28.7. The van der Waals surface area contributed by atoms with Crippen molar-refractivity contribution >= 4 is 27.7 Å². The number of likely N-dealkylation sites (tertiary alicyclic amines) is 1. The van der Waals surface area contributed by atoms with Gasteiger partial charge in [-0.3, -0.25) is 14.3 Å². The number of carbonyl (C=O) groups excluding carboxylic acids is 2. The number of hydrogen-bond acceptors (Lipinski definition) is 5. The first kappa shape index (κ1) is 21.4. The van der Waals surface area contributed by atoms with E-state index in [0.717, 1.165) is 10.5 Å². The molecule has 154 valence electrons. The van der Waals surface area contributed by atoms with Gasteiger partial charge in [0.1, 0.15) is 10.6 Å². The highest BCUT2D eigenvalue weighted by Gasteiger charge is 2.47. The molecule has 0 saturated carbocycles. The fourth-order valence-electron chi connectivity index (χ4n) is 3.05. The SMILES string of the molecule is N#Cc1ccc(Cn2cc(C(=O)NCC(=O)N3CC(F)(F)C[C@H]3C#N)c(Br)n2)cc1. The summed E-state index contributed by atoms with van der Waals surface area (Å²) in [7, 11) is 0. The Hall–Kier alpha value is -3.31. The van der Waals surface area contributed by atoms with Gasteiger partial charge in [0, 0.05) is 12.6 Å². The predicted molar refractivity (Wildman–Crippen MR) is 103 cm³/mol. The predicted octanol–water partition coefficient (Wildman–Crippen LogP) is 2.06. The van der Waals surface area contributed by atoms with Gasteiger partial charge in [-0.25, -0.2) is 8.78 Å². The Bertz CT molecular complexity index is 1050. The van der Waals surface area contributed by atoms with Gasteiger partial charge in [-0.1, -0.05) is 12.1 Å². The average Bonchev–Trinajstić information content (AvgIpc) is 3.24. The molecule has 1 aromatic carbocycles. The third kappa shape index (κ3) is 4.81. The van der Waals surface area contributed by atoms with Gasteiger partial charge < -0.3 is 10.2 Å². The van der Waals surface area contributed by atoms with E-state index >= 15 is 0 Å². The first-order valence-corrected chi connectivity index (χ1v) is 9.59. The Morgan fingerprint density at radius 1 is 1.30 bits per heavy atom. The molecule has 3 rings (SSSR count). The molecule has 1 atom stereocenters. The Morgan fingerprint density at radius 3 is 2.63 bits per heavy atom. The second-order valence-corrected chi connectivity index (χ2v) is 7.50. The largest absolute Gasteiger partial charge is 0.343 e. The summed E-state index contributed by atoms with van der Waals surface area (Å²) in [5.41, 5.74) is 1.56. The van der Waals surface area contributed by atoms with E-state index in [0.29, 0.717) is 12.1 Å². The van der Waals surface area contributed by atoms with Crippen LogP contribution in [0.25, 0.3) is 0 Å². The van der Waals surface area contributed by atoms with Crippen molar-refractivity contribution < 1.29 is 18.4 Å². The molecular formula is C19H15BrF2N6O2. The summed E-state index contributed by atoms with van der Waals surface area (Å²) in [6, 6.07) is 9.37. The highest BCUT2D eigenvalue weighted by molar-refractivity contribution is 9.10. The number of carbonyl (C=O) groups is 2. The molecule has 8 nitrogen and oxygen atoms in total. The summed E-state index contributed by atoms with van der Waals surface area (Å²) in [5, 5.41) is 24.4. The van der Waals surface area contributed by atoms with Gasteiger partial charge in [-0.05, 0) is 33.6 Å². The zero-order valence-corrected chi connectivity index (χ0v) is 17.1. The lowest BCUT2D eigenvalue weighted by Crippen LogP contribution is -2.42. The van der Waals surface area contributed by atoms with Crippen LogP contribution in [0.2, 0.25) is 0 Å². The third-order valence-corrected chi connectivity index (χ3v) is 5.11. The van der Waals surface area contributed by atoms with Crippen LogP contribution in [0.15, 0.2) is 35.1 Å². The molecular weight excluding hydrogens is 462 g/mol. The van der Waals surface area contributed by atoms with E-state index in [1.807, 2.05) is 6.07 Å². The van der Waals surface area contributed by atoms with Gasteiger partial charge in [-0.2, -0.15) is 15.6 Å². The van der Waals surface area contributed by atoms with E-state index in [1.165, 1.54) is 10.9 Å². The van der Waals surface area contributed by atoms with Crippen molar-refractivity contribution in [2.75, 3.05) is 13.1 Å². The van der Waals surface area contributed by atoms with Crippen LogP contribution >= 0.6 is 15.9 Å². The number of amides is 2. The quantitative estimate of drug-likeness (QED) is 0.708. The smallest absolute Gasteiger partial charge is 0.268 e. The summed E-state index contributed by atoms with van der Waals surface area (Å²) in [5.74, 6) is -4.48. The number of rotatable bonds is 5. The van der Waals surface area contributed by atoms with E-state index in [2.05, 4.69) is 26.3 Å². The first-order valence-electron chi connectivity index (χ1n) is 8.79. The zero-order chi connectivity index (χ0) is 21.9. The van der Waals surface area contributed by atoms with Crippen molar-refractivity contribution in [2.45, 2.75) is 24.9 Å². The van der Waals surface area contributed by atoms with Crippen LogP contribution in [-0.2, 0) is 11.3 Å². The molecule has 0 spiro atoms. The van der Waals surface area contributed by atoms with Crippen LogP contribution in [-0.4, -0.2) is 51.5 Å². The standard InChI is InChI=1S/C19H15BrF2N6O2/c20-17-15(10-27(26-17)9-13-3-1-12(6-23)2-4-13)18(30)25-8-16(29)28-11-19(21,22)5-14(28)7-24/h1-4,10,14H,5,8-9,11H2,(H,25,30)/t14-/m0/s1. The van der Waals surface area contributed by atoms with Gasteiger partial charge in [0.2, 0.25) is 5.91 Å². The molecule has 2 heterocycles. The minimum Gasteiger partial charge on any atom is -0.343 e. The molecule has 1 aliphatic rings. The number of hydrogen-bond donors (Lipinski definition) is 1. The topological polar surface area (TPSA) is 115 Å². The first-order chi connectivity index (χ1) is 14.2. The van der Waals surface area contributed by atoms with E-state index in [1.54, 1.807) is 30.3 Å². The highest BCUT2D eigenvalue weighted by Crippen LogP contribution is 2.31.